The first kappa shape index (κ1) is 10.2. The summed E-state index contributed by atoms with van der Waals surface area (Å²) in [5, 5.41) is 1.30. The molecule has 4 N–H and O–H groups in total. The Hall–Kier alpha value is -0.810. The number of aliphatic imine (C=N–C) groups is 1. The van der Waals surface area contributed by atoms with Crippen LogP contribution in [0.1, 0.15) is 0 Å². The van der Waals surface area contributed by atoms with Gasteiger partial charge in [-0.05, 0) is 14.1 Å². The summed E-state index contributed by atoms with van der Waals surface area (Å²) in [4.78, 5) is 6.05. The molecule has 0 atom stereocenters. The Morgan fingerprint density at radius 3 is 2.27 bits per heavy atom. The third kappa shape index (κ3) is 5.63. The SMILES string of the molecule is CN(C)CCN=C(N)N(C)N. The second kappa shape index (κ2) is 4.92. The molecule has 0 spiro atoms. The van der Waals surface area contributed by atoms with E-state index >= 15 is 0 Å². The van der Waals surface area contributed by atoms with Crippen LogP contribution >= 0.6 is 0 Å². The highest BCUT2D eigenvalue weighted by molar-refractivity contribution is 5.77. The van der Waals surface area contributed by atoms with Crippen molar-refractivity contribution in [3.05, 3.63) is 0 Å². The fraction of sp³-hybridized carbons (Fsp3) is 0.833. The maximum atomic E-state index is 5.44. The Kier molecular flexibility index (Phi) is 4.56. The van der Waals surface area contributed by atoms with Crippen molar-refractivity contribution < 1.29 is 0 Å². The van der Waals surface area contributed by atoms with Crippen LogP contribution in [0.3, 0.4) is 0 Å². The normalized spacial score (nSPS) is 12.3. The van der Waals surface area contributed by atoms with Gasteiger partial charge in [0.1, 0.15) is 0 Å². The van der Waals surface area contributed by atoms with Gasteiger partial charge in [0.15, 0.2) is 0 Å². The van der Waals surface area contributed by atoms with Crippen LogP contribution in [0.4, 0.5) is 0 Å². The van der Waals surface area contributed by atoms with Crippen LogP contribution in [0.25, 0.3) is 0 Å². The van der Waals surface area contributed by atoms with Gasteiger partial charge < -0.3 is 10.6 Å². The Morgan fingerprint density at radius 1 is 1.36 bits per heavy atom. The Balaban J connectivity index is 3.57. The first-order valence-corrected chi connectivity index (χ1v) is 3.47. The molecule has 0 aromatic rings. The van der Waals surface area contributed by atoms with E-state index in [1.807, 2.05) is 19.0 Å². The average Bonchev–Trinajstić information content (AvgIpc) is 1.86. The number of hydrogen-bond donors (Lipinski definition) is 2. The maximum absolute atomic E-state index is 5.44. The average molecular weight is 159 g/mol. The van der Waals surface area contributed by atoms with Crippen LogP contribution in [-0.2, 0) is 0 Å². The van der Waals surface area contributed by atoms with Crippen LogP contribution in [0.2, 0.25) is 0 Å². The van der Waals surface area contributed by atoms with Crippen LogP contribution < -0.4 is 11.6 Å². The Bertz CT molecular complexity index is 129. The lowest BCUT2D eigenvalue weighted by Crippen LogP contribution is -2.39. The lowest BCUT2D eigenvalue weighted by atomic mass is 10.6. The number of rotatable bonds is 3. The highest BCUT2D eigenvalue weighted by atomic mass is 15.4. The molecule has 0 unspecified atom stereocenters. The molecule has 0 heterocycles. The van der Waals surface area contributed by atoms with Gasteiger partial charge in [0.2, 0.25) is 5.96 Å². The minimum Gasteiger partial charge on any atom is -0.369 e. The second-order valence-electron chi connectivity index (χ2n) is 2.65. The first-order valence-electron chi connectivity index (χ1n) is 3.47. The van der Waals surface area contributed by atoms with Crippen LogP contribution in [0.15, 0.2) is 4.99 Å². The Labute approximate surface area is 67.6 Å². The number of nitrogens with two attached hydrogens (primary N) is 2. The lowest BCUT2D eigenvalue weighted by Gasteiger charge is -2.11. The number of likely N-dealkylation sites (N-methyl/N-ethyl adjacent to an activating group) is 1. The summed E-state index contributed by atoms with van der Waals surface area (Å²) in [5.41, 5.74) is 5.44. The molecule has 11 heavy (non-hydrogen) atoms. The lowest BCUT2D eigenvalue weighted by molar-refractivity contribution is 0.418. The van der Waals surface area contributed by atoms with Gasteiger partial charge in [0.05, 0.1) is 6.54 Å². The fourth-order valence-corrected chi connectivity index (χ4v) is 0.476. The minimum atomic E-state index is 0.367. The summed E-state index contributed by atoms with van der Waals surface area (Å²) in [6.07, 6.45) is 0. The van der Waals surface area contributed by atoms with E-state index in [-0.39, 0.29) is 0 Å². The molecule has 0 radical (unpaired) electrons. The van der Waals surface area contributed by atoms with E-state index in [1.165, 1.54) is 5.01 Å². The van der Waals surface area contributed by atoms with Gasteiger partial charge >= 0.3 is 0 Å². The van der Waals surface area contributed by atoms with Gasteiger partial charge in [-0.1, -0.05) is 0 Å². The van der Waals surface area contributed by atoms with Crippen LogP contribution in [0, 0.1) is 0 Å². The molecule has 66 valence electrons. The van der Waals surface area contributed by atoms with Crippen molar-refractivity contribution in [2.45, 2.75) is 0 Å². The molecule has 0 saturated carbocycles. The van der Waals surface area contributed by atoms with E-state index in [0.29, 0.717) is 12.5 Å². The molecule has 0 amide bonds. The zero-order chi connectivity index (χ0) is 8.85. The van der Waals surface area contributed by atoms with Crippen molar-refractivity contribution in [1.82, 2.24) is 9.91 Å². The molecule has 0 aromatic carbocycles. The predicted octanol–water partition coefficient (Wildman–Crippen LogP) is -1.33. The largest absolute Gasteiger partial charge is 0.369 e. The summed E-state index contributed by atoms with van der Waals surface area (Å²) < 4.78 is 0. The zero-order valence-corrected chi connectivity index (χ0v) is 7.41. The molecular weight excluding hydrogens is 142 g/mol. The third-order valence-electron chi connectivity index (χ3n) is 1.18. The molecule has 0 aromatic heterocycles. The second-order valence-corrected chi connectivity index (χ2v) is 2.65. The van der Waals surface area contributed by atoms with Gasteiger partial charge in [0, 0.05) is 13.6 Å². The molecule has 0 fully saturated rings. The van der Waals surface area contributed by atoms with Crippen LogP contribution in [-0.4, -0.2) is 50.1 Å². The molecule has 0 aliphatic rings. The van der Waals surface area contributed by atoms with Gasteiger partial charge in [-0.15, -0.1) is 0 Å². The van der Waals surface area contributed by atoms with Gasteiger partial charge in [-0.2, -0.15) is 0 Å². The number of hydrogen-bond acceptors (Lipinski definition) is 3. The monoisotopic (exact) mass is 159 g/mol. The van der Waals surface area contributed by atoms with E-state index in [4.69, 9.17) is 11.6 Å². The quantitative estimate of drug-likeness (QED) is 0.232. The molecule has 5 nitrogen and oxygen atoms in total. The van der Waals surface area contributed by atoms with E-state index in [0.717, 1.165) is 6.54 Å². The van der Waals surface area contributed by atoms with E-state index in [9.17, 15) is 0 Å². The number of nitrogens with zero attached hydrogens (tertiary/aromatic N) is 3. The molecular formula is C6H17N5. The maximum Gasteiger partial charge on any atom is 0.205 e. The van der Waals surface area contributed by atoms with E-state index < -0.39 is 0 Å². The summed E-state index contributed by atoms with van der Waals surface area (Å²) in [5.74, 6) is 5.68. The molecule has 0 bridgehead atoms. The number of guanidine groups is 1. The smallest absolute Gasteiger partial charge is 0.205 e. The molecule has 0 aliphatic heterocycles. The highest BCUT2D eigenvalue weighted by Crippen LogP contribution is 1.77. The summed E-state index contributed by atoms with van der Waals surface area (Å²) in [6, 6.07) is 0. The zero-order valence-electron chi connectivity index (χ0n) is 7.41. The summed E-state index contributed by atoms with van der Waals surface area (Å²) in [7, 11) is 5.63. The van der Waals surface area contributed by atoms with Crippen molar-refractivity contribution in [1.29, 1.82) is 0 Å². The van der Waals surface area contributed by atoms with E-state index in [2.05, 4.69) is 4.99 Å². The molecule has 0 rings (SSSR count). The first-order chi connectivity index (χ1) is 5.04. The summed E-state index contributed by atoms with van der Waals surface area (Å²) in [6.45, 7) is 1.56. The van der Waals surface area contributed by atoms with Crippen molar-refractivity contribution in [3.63, 3.8) is 0 Å². The van der Waals surface area contributed by atoms with Gasteiger partial charge in [0.25, 0.3) is 0 Å². The van der Waals surface area contributed by atoms with Crippen molar-refractivity contribution in [3.8, 4) is 0 Å². The van der Waals surface area contributed by atoms with Crippen molar-refractivity contribution in [2.24, 2.45) is 16.6 Å². The Morgan fingerprint density at radius 2 is 1.91 bits per heavy atom. The fourth-order valence-electron chi connectivity index (χ4n) is 0.476. The van der Waals surface area contributed by atoms with Crippen LogP contribution in [0.5, 0.6) is 0 Å². The minimum absolute atomic E-state index is 0.367. The third-order valence-corrected chi connectivity index (χ3v) is 1.18. The molecule has 5 heteroatoms. The van der Waals surface area contributed by atoms with Gasteiger partial charge in [-0.3, -0.25) is 10.0 Å². The van der Waals surface area contributed by atoms with Gasteiger partial charge in [-0.25, -0.2) is 5.84 Å². The molecule has 0 saturated heterocycles. The van der Waals surface area contributed by atoms with Crippen molar-refractivity contribution in [2.75, 3.05) is 34.2 Å². The summed E-state index contributed by atoms with van der Waals surface area (Å²) >= 11 is 0. The highest BCUT2D eigenvalue weighted by Gasteiger charge is 1.93. The van der Waals surface area contributed by atoms with E-state index in [1.54, 1.807) is 7.05 Å². The molecule has 0 aliphatic carbocycles. The standard InChI is InChI=1S/C6H17N5/c1-10(2)5-4-9-6(7)11(3)8/h4-5,8H2,1-3H3,(H2,7,9). The predicted molar refractivity (Wildman–Crippen MR) is 47.0 cm³/mol. The number of hydrazine groups is 1. The topological polar surface area (TPSA) is 70.9 Å². The van der Waals surface area contributed by atoms with Crippen molar-refractivity contribution >= 4 is 5.96 Å².